The summed E-state index contributed by atoms with van der Waals surface area (Å²) in [4.78, 5) is 15.4. The van der Waals surface area contributed by atoms with E-state index in [2.05, 4.69) is 24.7 Å². The van der Waals surface area contributed by atoms with Gasteiger partial charge in [-0.15, -0.1) is 0 Å². The monoisotopic (exact) mass is 457 g/mol. The lowest BCUT2D eigenvalue weighted by Gasteiger charge is -2.07. The van der Waals surface area contributed by atoms with E-state index in [-0.39, 0.29) is 37.1 Å². The van der Waals surface area contributed by atoms with Crippen molar-refractivity contribution in [3.8, 4) is 0 Å². The number of imidazole rings is 2. The smallest absolute Gasteiger partial charge is 0.242 e. The van der Waals surface area contributed by atoms with Crippen molar-refractivity contribution < 1.29 is 18.3 Å². The molecule has 0 fully saturated rings. The van der Waals surface area contributed by atoms with Crippen LogP contribution in [-0.4, -0.2) is 65.7 Å². The van der Waals surface area contributed by atoms with Crippen molar-refractivity contribution in [1.82, 2.24) is 24.7 Å². The maximum Gasteiger partial charge on any atom is 0.242 e. The number of para-hydroxylation sites is 1. The maximum atomic E-state index is 12.7. The average molecular weight is 458 g/mol. The lowest BCUT2D eigenvalue weighted by atomic mass is 10.2. The van der Waals surface area contributed by atoms with Crippen LogP contribution in [0, 0.1) is 5.41 Å². The molecule has 0 aliphatic carbocycles. The number of amidine groups is 1. The third-order valence-electron chi connectivity index (χ3n) is 4.77. The van der Waals surface area contributed by atoms with Crippen molar-refractivity contribution in [2.24, 2.45) is 5.73 Å². The molecule has 168 valence electrons. The highest BCUT2D eigenvalue weighted by Crippen LogP contribution is 2.22. The second kappa shape index (κ2) is 9.04. The number of aliphatic hydroxyl groups is 1. The minimum absolute atomic E-state index is 0.0314. The zero-order valence-electron chi connectivity index (χ0n) is 17.1. The van der Waals surface area contributed by atoms with Gasteiger partial charge in [-0.3, -0.25) is 5.41 Å². The first kappa shape index (κ1) is 21.9. The molecule has 11 nitrogen and oxygen atoms in total. The van der Waals surface area contributed by atoms with E-state index in [9.17, 15) is 8.42 Å². The zero-order valence-corrected chi connectivity index (χ0v) is 17.9. The molecular formula is C20H23N7O4S. The second-order valence-corrected chi connectivity index (χ2v) is 8.81. The molecule has 12 heteroatoms. The van der Waals surface area contributed by atoms with Gasteiger partial charge in [-0.05, 0) is 30.3 Å². The molecule has 0 bridgehead atoms. The second-order valence-electron chi connectivity index (χ2n) is 7.08. The van der Waals surface area contributed by atoms with Crippen LogP contribution in [0.2, 0.25) is 0 Å². The summed E-state index contributed by atoms with van der Waals surface area (Å²) < 4.78 is 33.0. The molecule has 2 aromatic carbocycles. The van der Waals surface area contributed by atoms with E-state index in [1.165, 1.54) is 6.07 Å². The Kier molecular flexibility index (Phi) is 6.19. The van der Waals surface area contributed by atoms with Crippen molar-refractivity contribution in [2.75, 3.05) is 26.4 Å². The van der Waals surface area contributed by atoms with Gasteiger partial charge in [0.1, 0.15) is 27.9 Å². The Morgan fingerprint density at radius 2 is 1.91 bits per heavy atom. The molecule has 0 atom stereocenters. The predicted molar refractivity (Wildman–Crippen MR) is 119 cm³/mol. The fourth-order valence-corrected chi connectivity index (χ4v) is 4.49. The summed E-state index contributed by atoms with van der Waals surface area (Å²) >= 11 is 0. The highest BCUT2D eigenvalue weighted by atomic mass is 32.2. The number of nitrogen functional groups attached to an aromatic ring is 1. The molecule has 7 N–H and O–H groups in total. The number of nitrogens with two attached hydrogens (primary N) is 1. The topological polar surface area (TPSA) is 183 Å². The number of sulfonamides is 1. The Morgan fingerprint density at radius 3 is 2.69 bits per heavy atom. The van der Waals surface area contributed by atoms with Gasteiger partial charge in [0.15, 0.2) is 0 Å². The summed E-state index contributed by atoms with van der Waals surface area (Å²) in [5, 5.41) is 16.3. The van der Waals surface area contributed by atoms with Crippen molar-refractivity contribution in [2.45, 2.75) is 11.3 Å². The molecule has 0 spiro atoms. The highest BCUT2D eigenvalue weighted by Gasteiger charge is 2.20. The molecule has 2 heterocycles. The predicted octanol–water partition coefficient (Wildman–Crippen LogP) is 0.601. The fraction of sp³-hybridized carbons (Fsp3) is 0.250. The van der Waals surface area contributed by atoms with Crippen molar-refractivity contribution >= 4 is 37.9 Å². The molecule has 2 aromatic heterocycles. The normalized spacial score (nSPS) is 12.0. The highest BCUT2D eigenvalue weighted by molar-refractivity contribution is 7.89. The number of aromatic nitrogens is 4. The van der Waals surface area contributed by atoms with E-state index in [4.69, 9.17) is 21.0 Å². The van der Waals surface area contributed by atoms with Crippen LogP contribution < -0.4 is 10.5 Å². The Balaban J connectivity index is 1.56. The Labute approximate surface area is 183 Å². The van der Waals surface area contributed by atoms with Gasteiger partial charge in [0, 0.05) is 12.1 Å². The Morgan fingerprint density at radius 1 is 1.12 bits per heavy atom. The van der Waals surface area contributed by atoms with Crippen LogP contribution in [0.25, 0.3) is 22.1 Å². The number of H-pyrrole nitrogens is 2. The third-order valence-corrected chi connectivity index (χ3v) is 6.26. The summed E-state index contributed by atoms with van der Waals surface area (Å²) in [5.74, 6) is 1.17. The van der Waals surface area contributed by atoms with E-state index in [0.717, 1.165) is 5.52 Å². The SMILES string of the molecule is N=C(N)c1ccc2[nH]c(Cc3nc4c(S(=O)(=O)NCCOCCO)cccc4[nH]3)nc2c1. The van der Waals surface area contributed by atoms with Crippen LogP contribution >= 0.6 is 0 Å². The van der Waals surface area contributed by atoms with Gasteiger partial charge in [-0.1, -0.05) is 6.07 Å². The molecule has 4 aromatic rings. The van der Waals surface area contributed by atoms with Crippen LogP contribution in [0.4, 0.5) is 0 Å². The van der Waals surface area contributed by atoms with E-state index in [1.807, 2.05) is 6.07 Å². The number of aromatic amines is 2. The minimum atomic E-state index is -3.80. The largest absolute Gasteiger partial charge is 0.394 e. The van der Waals surface area contributed by atoms with Crippen molar-refractivity contribution in [1.29, 1.82) is 5.41 Å². The fourth-order valence-electron chi connectivity index (χ4n) is 3.32. The van der Waals surface area contributed by atoms with E-state index in [1.54, 1.807) is 24.3 Å². The van der Waals surface area contributed by atoms with E-state index >= 15 is 0 Å². The molecular weight excluding hydrogens is 434 g/mol. The standard InChI is InChI=1S/C20H23N7O4S/c21-20(22)12-4-5-13-15(10-12)26-17(24-13)11-18-25-14-2-1-3-16(19(14)27-18)32(29,30)23-6-8-31-9-7-28/h1-5,10,23,28H,6-9,11H2,(H3,21,22)(H,24,26)(H,25,27). The van der Waals surface area contributed by atoms with Gasteiger partial charge >= 0.3 is 0 Å². The van der Waals surface area contributed by atoms with E-state index < -0.39 is 10.0 Å². The quantitative estimate of drug-likeness (QED) is 0.114. The molecule has 0 saturated heterocycles. The summed E-state index contributed by atoms with van der Waals surface area (Å²) in [6, 6.07) is 10.2. The van der Waals surface area contributed by atoms with Crippen molar-refractivity contribution in [3.63, 3.8) is 0 Å². The Bertz CT molecular complexity index is 1380. The molecule has 0 aliphatic heterocycles. The average Bonchev–Trinajstić information content (AvgIpc) is 3.35. The zero-order chi connectivity index (χ0) is 22.7. The number of nitrogens with one attached hydrogen (secondary N) is 4. The Hall–Kier alpha value is -3.32. The van der Waals surface area contributed by atoms with Crippen LogP contribution in [0.1, 0.15) is 17.2 Å². The number of benzene rings is 2. The lowest BCUT2D eigenvalue weighted by molar-refractivity contribution is 0.0961. The number of hydrogen-bond donors (Lipinski definition) is 6. The molecule has 0 radical (unpaired) electrons. The van der Waals surface area contributed by atoms with Crippen LogP contribution in [0.3, 0.4) is 0 Å². The summed E-state index contributed by atoms with van der Waals surface area (Å²) in [6.45, 7) is 0.263. The molecule has 0 aliphatic rings. The summed E-state index contributed by atoms with van der Waals surface area (Å²) in [7, 11) is -3.80. The minimum Gasteiger partial charge on any atom is -0.394 e. The maximum absolute atomic E-state index is 12.7. The van der Waals surface area contributed by atoms with Crippen LogP contribution in [0.5, 0.6) is 0 Å². The first-order valence-electron chi connectivity index (χ1n) is 9.86. The van der Waals surface area contributed by atoms with Gasteiger partial charge in [0.2, 0.25) is 10.0 Å². The number of fused-ring (bicyclic) bond motifs is 2. The van der Waals surface area contributed by atoms with Crippen LogP contribution in [-0.2, 0) is 21.2 Å². The van der Waals surface area contributed by atoms with Crippen LogP contribution in [0.15, 0.2) is 41.3 Å². The first-order valence-corrected chi connectivity index (χ1v) is 11.3. The van der Waals surface area contributed by atoms with Gasteiger partial charge in [0.05, 0.1) is 42.8 Å². The number of aliphatic hydroxyl groups excluding tert-OH is 1. The number of rotatable bonds is 10. The molecule has 0 unspecified atom stereocenters. The summed E-state index contributed by atoms with van der Waals surface area (Å²) in [6.07, 6.45) is 0.334. The van der Waals surface area contributed by atoms with Gasteiger partial charge < -0.3 is 25.5 Å². The third kappa shape index (κ3) is 4.62. The van der Waals surface area contributed by atoms with Crippen molar-refractivity contribution in [3.05, 3.63) is 53.6 Å². The van der Waals surface area contributed by atoms with Gasteiger partial charge in [-0.25, -0.2) is 23.1 Å². The molecule has 4 rings (SSSR count). The van der Waals surface area contributed by atoms with Gasteiger partial charge in [0.25, 0.3) is 0 Å². The number of ether oxygens (including phenoxy) is 1. The van der Waals surface area contributed by atoms with E-state index in [0.29, 0.717) is 40.2 Å². The lowest BCUT2D eigenvalue weighted by Crippen LogP contribution is -2.28. The summed E-state index contributed by atoms with van der Waals surface area (Å²) in [5.41, 5.74) is 8.53. The molecule has 0 saturated carbocycles. The number of hydrogen-bond acceptors (Lipinski definition) is 7. The first-order chi connectivity index (χ1) is 15.4. The molecule has 0 amide bonds. The molecule has 32 heavy (non-hydrogen) atoms. The number of nitrogens with zero attached hydrogens (tertiary/aromatic N) is 2. The van der Waals surface area contributed by atoms with Gasteiger partial charge in [-0.2, -0.15) is 0 Å².